The number of nitrogens with two attached hydrogens (primary N) is 1. The van der Waals surface area contributed by atoms with Crippen LogP contribution in [0.4, 0.5) is 0 Å². The standard InChI is InChI=1S/C12H19NO3/c1-4-9(13)5-8-6-12(16-3)10(14)7-11(8)15-2/h6-7,9,14H,4-5,13H2,1-3H3/t9-/m1/s1. The van der Waals surface area contributed by atoms with Gasteiger partial charge in [-0.25, -0.2) is 0 Å². The van der Waals surface area contributed by atoms with Crippen molar-refractivity contribution in [1.82, 2.24) is 0 Å². The van der Waals surface area contributed by atoms with Gasteiger partial charge in [0.2, 0.25) is 0 Å². The molecule has 0 aliphatic rings. The van der Waals surface area contributed by atoms with Gasteiger partial charge in [0.25, 0.3) is 0 Å². The van der Waals surface area contributed by atoms with Gasteiger partial charge in [0.1, 0.15) is 5.75 Å². The van der Waals surface area contributed by atoms with E-state index in [0.29, 0.717) is 17.9 Å². The highest BCUT2D eigenvalue weighted by Crippen LogP contribution is 2.34. The zero-order valence-corrected chi connectivity index (χ0v) is 9.99. The van der Waals surface area contributed by atoms with E-state index in [0.717, 1.165) is 12.0 Å². The summed E-state index contributed by atoms with van der Waals surface area (Å²) in [5.41, 5.74) is 6.85. The van der Waals surface area contributed by atoms with Crippen LogP contribution in [0.25, 0.3) is 0 Å². The second kappa shape index (κ2) is 5.61. The molecule has 0 unspecified atom stereocenters. The third-order valence-corrected chi connectivity index (χ3v) is 2.59. The van der Waals surface area contributed by atoms with E-state index in [2.05, 4.69) is 0 Å². The molecular weight excluding hydrogens is 206 g/mol. The number of hydrogen-bond donors (Lipinski definition) is 2. The molecular formula is C12H19NO3. The summed E-state index contributed by atoms with van der Waals surface area (Å²) in [5.74, 6) is 1.16. The van der Waals surface area contributed by atoms with Crippen molar-refractivity contribution in [2.75, 3.05) is 14.2 Å². The number of aromatic hydroxyl groups is 1. The fourth-order valence-electron chi connectivity index (χ4n) is 1.53. The zero-order chi connectivity index (χ0) is 12.1. The molecule has 1 aromatic carbocycles. The van der Waals surface area contributed by atoms with E-state index in [4.69, 9.17) is 15.2 Å². The van der Waals surface area contributed by atoms with Crippen LogP contribution in [0.2, 0.25) is 0 Å². The average molecular weight is 225 g/mol. The number of methoxy groups -OCH3 is 2. The Kier molecular flexibility index (Phi) is 4.43. The molecule has 4 heteroatoms. The number of rotatable bonds is 5. The van der Waals surface area contributed by atoms with Crippen molar-refractivity contribution in [2.45, 2.75) is 25.8 Å². The molecule has 4 nitrogen and oxygen atoms in total. The Morgan fingerprint density at radius 2 is 1.88 bits per heavy atom. The number of ether oxygens (including phenoxy) is 2. The predicted octanol–water partition coefficient (Wildman–Crippen LogP) is 1.69. The Bertz CT molecular complexity index is 352. The minimum Gasteiger partial charge on any atom is -0.504 e. The van der Waals surface area contributed by atoms with Gasteiger partial charge in [-0.3, -0.25) is 0 Å². The molecule has 16 heavy (non-hydrogen) atoms. The van der Waals surface area contributed by atoms with Gasteiger partial charge in [0.05, 0.1) is 14.2 Å². The zero-order valence-electron chi connectivity index (χ0n) is 9.99. The first-order valence-corrected chi connectivity index (χ1v) is 5.31. The van der Waals surface area contributed by atoms with Gasteiger partial charge in [-0.1, -0.05) is 6.92 Å². The average Bonchev–Trinajstić information content (AvgIpc) is 2.30. The first-order valence-electron chi connectivity index (χ1n) is 5.31. The minimum atomic E-state index is 0.0770. The molecule has 0 saturated carbocycles. The molecule has 0 aromatic heterocycles. The van der Waals surface area contributed by atoms with Gasteiger partial charge in [-0.05, 0) is 24.5 Å². The summed E-state index contributed by atoms with van der Waals surface area (Å²) in [4.78, 5) is 0. The third-order valence-electron chi connectivity index (χ3n) is 2.59. The summed E-state index contributed by atoms with van der Waals surface area (Å²) in [7, 11) is 3.09. The van der Waals surface area contributed by atoms with E-state index in [-0.39, 0.29) is 11.8 Å². The lowest BCUT2D eigenvalue weighted by Crippen LogP contribution is -2.21. The molecule has 0 aliphatic heterocycles. The Balaban J connectivity index is 3.04. The summed E-state index contributed by atoms with van der Waals surface area (Å²) in [6.07, 6.45) is 1.60. The molecule has 1 aromatic rings. The maximum atomic E-state index is 9.60. The van der Waals surface area contributed by atoms with E-state index >= 15 is 0 Å². The van der Waals surface area contributed by atoms with Crippen molar-refractivity contribution in [3.05, 3.63) is 17.7 Å². The third kappa shape index (κ3) is 2.79. The van der Waals surface area contributed by atoms with Crippen molar-refractivity contribution in [3.8, 4) is 17.2 Å². The maximum Gasteiger partial charge on any atom is 0.161 e. The summed E-state index contributed by atoms with van der Waals surface area (Å²) in [6, 6.07) is 3.41. The monoisotopic (exact) mass is 225 g/mol. The SMILES string of the molecule is CC[C@@H](N)Cc1cc(OC)c(O)cc1OC. The maximum absolute atomic E-state index is 9.60. The van der Waals surface area contributed by atoms with Crippen molar-refractivity contribution < 1.29 is 14.6 Å². The molecule has 0 saturated heterocycles. The number of phenolic OH excluding ortho intramolecular Hbond substituents is 1. The van der Waals surface area contributed by atoms with Crippen molar-refractivity contribution in [1.29, 1.82) is 0 Å². The van der Waals surface area contributed by atoms with E-state index in [1.54, 1.807) is 19.2 Å². The van der Waals surface area contributed by atoms with Crippen LogP contribution in [0.15, 0.2) is 12.1 Å². The fourth-order valence-corrected chi connectivity index (χ4v) is 1.53. The molecule has 90 valence electrons. The minimum absolute atomic E-state index is 0.0770. The van der Waals surface area contributed by atoms with Crippen LogP contribution in [0.3, 0.4) is 0 Å². The lowest BCUT2D eigenvalue weighted by molar-refractivity contribution is 0.363. The van der Waals surface area contributed by atoms with Crippen molar-refractivity contribution in [3.63, 3.8) is 0 Å². The summed E-state index contributed by atoms with van der Waals surface area (Å²) < 4.78 is 10.3. The summed E-state index contributed by atoms with van der Waals surface area (Å²) >= 11 is 0. The molecule has 0 amide bonds. The van der Waals surface area contributed by atoms with E-state index in [1.165, 1.54) is 7.11 Å². The van der Waals surface area contributed by atoms with Crippen LogP contribution >= 0.6 is 0 Å². The molecule has 0 spiro atoms. The van der Waals surface area contributed by atoms with Gasteiger partial charge in [-0.15, -0.1) is 0 Å². The molecule has 1 rings (SSSR count). The number of benzene rings is 1. The molecule has 0 aliphatic carbocycles. The van der Waals surface area contributed by atoms with Crippen molar-refractivity contribution in [2.24, 2.45) is 5.73 Å². The Hall–Kier alpha value is -1.42. The first kappa shape index (κ1) is 12.6. The fraction of sp³-hybridized carbons (Fsp3) is 0.500. The number of phenols is 1. The van der Waals surface area contributed by atoms with E-state index < -0.39 is 0 Å². The van der Waals surface area contributed by atoms with E-state index in [9.17, 15) is 5.11 Å². The quantitative estimate of drug-likeness (QED) is 0.800. The summed E-state index contributed by atoms with van der Waals surface area (Å²) in [5, 5.41) is 9.60. The van der Waals surface area contributed by atoms with Gasteiger partial charge in [0, 0.05) is 12.1 Å². The van der Waals surface area contributed by atoms with Gasteiger partial charge < -0.3 is 20.3 Å². The Labute approximate surface area is 96.0 Å². The van der Waals surface area contributed by atoms with Gasteiger partial charge in [-0.2, -0.15) is 0 Å². The first-order chi connectivity index (χ1) is 7.62. The van der Waals surface area contributed by atoms with Gasteiger partial charge >= 0.3 is 0 Å². The number of hydrogen-bond acceptors (Lipinski definition) is 4. The largest absolute Gasteiger partial charge is 0.504 e. The molecule has 0 heterocycles. The lowest BCUT2D eigenvalue weighted by Gasteiger charge is -2.14. The molecule has 0 bridgehead atoms. The topological polar surface area (TPSA) is 64.7 Å². The van der Waals surface area contributed by atoms with Crippen LogP contribution in [0, 0.1) is 0 Å². The highest BCUT2D eigenvalue weighted by molar-refractivity contribution is 5.50. The van der Waals surface area contributed by atoms with Crippen molar-refractivity contribution >= 4 is 0 Å². The Morgan fingerprint density at radius 1 is 1.25 bits per heavy atom. The second-order valence-corrected chi connectivity index (χ2v) is 3.71. The lowest BCUT2D eigenvalue weighted by atomic mass is 10.0. The second-order valence-electron chi connectivity index (χ2n) is 3.71. The molecule has 1 atom stereocenters. The van der Waals surface area contributed by atoms with Crippen LogP contribution in [-0.2, 0) is 6.42 Å². The smallest absolute Gasteiger partial charge is 0.161 e. The summed E-state index contributed by atoms with van der Waals surface area (Å²) in [6.45, 7) is 2.04. The van der Waals surface area contributed by atoms with Crippen LogP contribution in [0.1, 0.15) is 18.9 Å². The van der Waals surface area contributed by atoms with Crippen LogP contribution in [-0.4, -0.2) is 25.4 Å². The molecule has 0 fully saturated rings. The van der Waals surface area contributed by atoms with E-state index in [1.807, 2.05) is 6.92 Å². The predicted molar refractivity (Wildman–Crippen MR) is 63.2 cm³/mol. The highest BCUT2D eigenvalue weighted by Gasteiger charge is 2.12. The normalized spacial score (nSPS) is 12.2. The Morgan fingerprint density at radius 3 is 2.38 bits per heavy atom. The van der Waals surface area contributed by atoms with Crippen LogP contribution in [0.5, 0.6) is 17.2 Å². The molecule has 0 radical (unpaired) electrons. The van der Waals surface area contributed by atoms with Gasteiger partial charge in [0.15, 0.2) is 11.5 Å². The molecule has 3 N–H and O–H groups in total. The highest BCUT2D eigenvalue weighted by atomic mass is 16.5. The van der Waals surface area contributed by atoms with Crippen LogP contribution < -0.4 is 15.2 Å².